The molecule has 0 saturated carbocycles. The zero-order valence-corrected chi connectivity index (χ0v) is 15.2. The van der Waals surface area contributed by atoms with E-state index in [0.29, 0.717) is 23.4 Å². The first-order chi connectivity index (χ1) is 13.1. The molecular weight excluding hydrogens is 344 g/mol. The molecule has 0 spiro atoms. The third-order valence-electron chi connectivity index (χ3n) is 4.63. The average molecular weight is 366 g/mol. The van der Waals surface area contributed by atoms with Gasteiger partial charge in [0.1, 0.15) is 0 Å². The van der Waals surface area contributed by atoms with Gasteiger partial charge in [-0.1, -0.05) is 18.2 Å². The van der Waals surface area contributed by atoms with E-state index in [1.165, 1.54) is 13.3 Å². The second-order valence-corrected chi connectivity index (χ2v) is 6.35. The molecule has 1 aliphatic rings. The van der Waals surface area contributed by atoms with Crippen LogP contribution in [0.5, 0.6) is 11.5 Å². The fourth-order valence-corrected chi connectivity index (χ4v) is 3.17. The number of rotatable bonds is 5. The second-order valence-electron chi connectivity index (χ2n) is 6.35. The number of nitrogens with zero attached hydrogens (tertiary/aromatic N) is 1. The van der Waals surface area contributed by atoms with Crippen molar-refractivity contribution >= 4 is 18.1 Å². The highest BCUT2D eigenvalue weighted by Gasteiger charge is 2.26. The molecular formula is C21H22N2O4. The summed E-state index contributed by atoms with van der Waals surface area (Å²) in [4.78, 5) is 26.8. The number of amides is 1. The Morgan fingerprint density at radius 1 is 1.07 bits per heavy atom. The van der Waals surface area contributed by atoms with Crippen LogP contribution in [0.1, 0.15) is 40.0 Å². The minimum atomic E-state index is -0.493. The summed E-state index contributed by atoms with van der Waals surface area (Å²) in [7, 11) is 1.46. The van der Waals surface area contributed by atoms with Crippen molar-refractivity contribution < 1.29 is 19.1 Å². The number of benzene rings is 2. The number of piperidine rings is 1. The lowest BCUT2D eigenvalue weighted by Crippen LogP contribution is -2.44. The minimum Gasteiger partial charge on any atom is -0.493 e. The second kappa shape index (κ2) is 8.49. The van der Waals surface area contributed by atoms with E-state index in [1.54, 1.807) is 47.4 Å². The van der Waals surface area contributed by atoms with Crippen LogP contribution in [0, 0.1) is 5.41 Å². The van der Waals surface area contributed by atoms with Crippen LogP contribution in [-0.2, 0) is 0 Å². The molecule has 1 fully saturated rings. The van der Waals surface area contributed by atoms with Crippen LogP contribution in [0.15, 0.2) is 48.5 Å². The molecule has 0 aliphatic carbocycles. The summed E-state index contributed by atoms with van der Waals surface area (Å²) >= 11 is 0. The van der Waals surface area contributed by atoms with Gasteiger partial charge in [-0.05, 0) is 49.6 Å². The molecule has 1 amide bonds. The normalized spacial score (nSPS) is 16.5. The fraction of sp³-hybridized carbons (Fsp3) is 0.286. The Bertz CT molecular complexity index is 835. The standard InChI is InChI=1S/C21H22N2O4/c1-26-19-13-16(20(24)23-12-6-5-9-17(23)14-22)10-11-18(19)27-21(25)15-7-3-2-4-8-15/h2-4,7-8,10-11,13-14,17,22H,5-6,9,12H2,1H3/t17-/m1/s1. The summed E-state index contributed by atoms with van der Waals surface area (Å²) in [6.45, 7) is 0.631. The van der Waals surface area contributed by atoms with Gasteiger partial charge in [0.25, 0.3) is 5.91 Å². The number of esters is 1. The predicted octanol–water partition coefficient (Wildman–Crippen LogP) is 3.56. The van der Waals surface area contributed by atoms with E-state index in [1.807, 2.05) is 6.07 Å². The minimum absolute atomic E-state index is 0.151. The largest absolute Gasteiger partial charge is 0.493 e. The van der Waals surface area contributed by atoms with E-state index in [2.05, 4.69) is 0 Å². The Kier molecular flexibility index (Phi) is 5.86. The summed E-state index contributed by atoms with van der Waals surface area (Å²) in [5.74, 6) is -0.0750. The molecule has 0 aromatic heterocycles. The van der Waals surface area contributed by atoms with Crippen molar-refractivity contribution in [2.24, 2.45) is 0 Å². The quantitative estimate of drug-likeness (QED) is 0.498. The molecule has 1 atom stereocenters. The van der Waals surface area contributed by atoms with Crippen LogP contribution in [0.4, 0.5) is 0 Å². The van der Waals surface area contributed by atoms with Crippen LogP contribution < -0.4 is 9.47 Å². The van der Waals surface area contributed by atoms with Crippen molar-refractivity contribution in [2.75, 3.05) is 13.7 Å². The molecule has 1 N–H and O–H groups in total. The van der Waals surface area contributed by atoms with Crippen LogP contribution in [0.3, 0.4) is 0 Å². The van der Waals surface area contributed by atoms with Gasteiger partial charge >= 0.3 is 5.97 Å². The summed E-state index contributed by atoms with van der Waals surface area (Å²) in [6, 6.07) is 13.3. The number of nitrogens with one attached hydrogen (secondary N) is 1. The topological polar surface area (TPSA) is 79.7 Å². The van der Waals surface area contributed by atoms with Gasteiger partial charge in [0.05, 0.1) is 18.7 Å². The molecule has 140 valence electrons. The first-order valence-corrected chi connectivity index (χ1v) is 8.91. The number of ether oxygens (including phenoxy) is 2. The van der Waals surface area contributed by atoms with E-state index in [4.69, 9.17) is 14.9 Å². The number of hydrogen-bond acceptors (Lipinski definition) is 5. The number of carbonyl (C=O) groups excluding carboxylic acids is 2. The Morgan fingerprint density at radius 2 is 1.85 bits per heavy atom. The van der Waals surface area contributed by atoms with Crippen molar-refractivity contribution in [1.29, 1.82) is 5.41 Å². The Hall–Kier alpha value is -3.15. The van der Waals surface area contributed by atoms with Gasteiger partial charge in [-0.25, -0.2) is 4.79 Å². The fourth-order valence-electron chi connectivity index (χ4n) is 3.17. The highest BCUT2D eigenvalue weighted by molar-refractivity contribution is 5.97. The van der Waals surface area contributed by atoms with E-state index >= 15 is 0 Å². The molecule has 0 unspecified atom stereocenters. The summed E-state index contributed by atoms with van der Waals surface area (Å²) in [5, 5.41) is 7.55. The van der Waals surface area contributed by atoms with Crippen LogP contribution in [0.25, 0.3) is 0 Å². The summed E-state index contributed by atoms with van der Waals surface area (Å²) in [6.07, 6.45) is 4.07. The molecule has 3 rings (SSSR count). The Morgan fingerprint density at radius 3 is 2.56 bits per heavy atom. The van der Waals surface area contributed by atoms with Crippen LogP contribution >= 0.6 is 0 Å². The molecule has 0 radical (unpaired) electrons. The zero-order valence-electron chi connectivity index (χ0n) is 15.2. The van der Waals surface area contributed by atoms with Gasteiger partial charge in [0, 0.05) is 18.3 Å². The van der Waals surface area contributed by atoms with Gasteiger partial charge in [0.15, 0.2) is 11.5 Å². The molecule has 1 aliphatic heterocycles. The third-order valence-corrected chi connectivity index (χ3v) is 4.63. The third kappa shape index (κ3) is 4.16. The number of carbonyl (C=O) groups is 2. The van der Waals surface area contributed by atoms with E-state index < -0.39 is 5.97 Å². The Labute approximate surface area is 158 Å². The molecule has 6 nitrogen and oxygen atoms in total. The first-order valence-electron chi connectivity index (χ1n) is 8.91. The predicted molar refractivity (Wildman–Crippen MR) is 102 cm³/mol. The van der Waals surface area contributed by atoms with Crippen molar-refractivity contribution in [3.8, 4) is 11.5 Å². The molecule has 1 heterocycles. The van der Waals surface area contributed by atoms with E-state index in [-0.39, 0.29) is 17.7 Å². The maximum absolute atomic E-state index is 12.9. The zero-order chi connectivity index (χ0) is 19.2. The maximum atomic E-state index is 12.9. The van der Waals surface area contributed by atoms with E-state index in [9.17, 15) is 9.59 Å². The summed E-state index contributed by atoms with van der Waals surface area (Å²) < 4.78 is 10.7. The molecule has 0 bridgehead atoms. The van der Waals surface area contributed by atoms with Crippen molar-refractivity contribution in [3.63, 3.8) is 0 Å². The smallest absolute Gasteiger partial charge is 0.343 e. The van der Waals surface area contributed by atoms with Crippen molar-refractivity contribution in [3.05, 3.63) is 59.7 Å². The maximum Gasteiger partial charge on any atom is 0.343 e. The lowest BCUT2D eigenvalue weighted by atomic mass is 10.0. The average Bonchev–Trinajstić information content (AvgIpc) is 2.74. The van der Waals surface area contributed by atoms with Gasteiger partial charge < -0.3 is 19.8 Å². The lowest BCUT2D eigenvalue weighted by molar-refractivity contribution is 0.0683. The number of likely N-dealkylation sites (tertiary alicyclic amines) is 1. The molecule has 1 saturated heterocycles. The van der Waals surface area contributed by atoms with Gasteiger partial charge in [-0.3, -0.25) is 4.79 Å². The monoisotopic (exact) mass is 366 g/mol. The van der Waals surface area contributed by atoms with Crippen LogP contribution in [0.2, 0.25) is 0 Å². The highest BCUT2D eigenvalue weighted by atomic mass is 16.6. The highest BCUT2D eigenvalue weighted by Crippen LogP contribution is 2.30. The SMILES string of the molecule is COc1cc(C(=O)N2CCCC[C@@H]2C=N)ccc1OC(=O)c1ccccc1. The van der Waals surface area contributed by atoms with E-state index in [0.717, 1.165) is 19.3 Å². The van der Waals surface area contributed by atoms with Gasteiger partial charge in [-0.15, -0.1) is 0 Å². The van der Waals surface area contributed by atoms with Gasteiger partial charge in [-0.2, -0.15) is 0 Å². The number of methoxy groups -OCH3 is 1. The van der Waals surface area contributed by atoms with Crippen LogP contribution in [-0.4, -0.2) is 42.7 Å². The molecule has 2 aromatic rings. The molecule has 6 heteroatoms. The number of hydrogen-bond donors (Lipinski definition) is 1. The molecule has 27 heavy (non-hydrogen) atoms. The van der Waals surface area contributed by atoms with Crippen molar-refractivity contribution in [1.82, 2.24) is 4.90 Å². The van der Waals surface area contributed by atoms with Gasteiger partial charge in [0.2, 0.25) is 0 Å². The molecule has 2 aromatic carbocycles. The first kappa shape index (κ1) is 18.6. The Balaban J connectivity index is 1.80. The summed E-state index contributed by atoms with van der Waals surface area (Å²) in [5.41, 5.74) is 0.877. The lowest BCUT2D eigenvalue weighted by Gasteiger charge is -2.33. The van der Waals surface area contributed by atoms with Crippen molar-refractivity contribution in [2.45, 2.75) is 25.3 Å².